The predicted octanol–water partition coefficient (Wildman–Crippen LogP) is 3.40. The molecular weight excluding hydrogens is 492 g/mol. The van der Waals surface area contributed by atoms with Gasteiger partial charge in [-0.3, -0.25) is 9.89 Å². The quantitative estimate of drug-likeness (QED) is 0.287. The van der Waals surface area contributed by atoms with Crippen LogP contribution < -0.4 is 14.9 Å². The van der Waals surface area contributed by atoms with E-state index in [1.54, 1.807) is 12.3 Å². The summed E-state index contributed by atoms with van der Waals surface area (Å²) in [4.78, 5) is 25.7. The third-order valence-corrected chi connectivity index (χ3v) is 7.81. The number of nitrogens with zero attached hydrogens (tertiary/aromatic N) is 5. The summed E-state index contributed by atoms with van der Waals surface area (Å²) in [5.41, 5.74) is 2.51. The van der Waals surface area contributed by atoms with Gasteiger partial charge in [0.15, 0.2) is 0 Å². The third-order valence-electron chi connectivity index (χ3n) is 6.42. The Morgan fingerprint density at radius 1 is 1.05 bits per heavy atom. The smallest absolute Gasteiger partial charge is 0.266 e. The van der Waals surface area contributed by atoms with E-state index in [1.165, 1.54) is 12.1 Å². The van der Waals surface area contributed by atoms with Crippen molar-refractivity contribution in [2.24, 2.45) is 0 Å². The highest BCUT2D eigenvalue weighted by atomic mass is 32.2. The fourth-order valence-corrected chi connectivity index (χ4v) is 5.63. The van der Waals surface area contributed by atoms with Gasteiger partial charge in [0.05, 0.1) is 23.0 Å². The van der Waals surface area contributed by atoms with Gasteiger partial charge in [0.25, 0.3) is 15.9 Å². The van der Waals surface area contributed by atoms with E-state index in [1.807, 2.05) is 35.2 Å². The second kappa shape index (κ2) is 10.1. The number of anilines is 4. The molecule has 11 nitrogen and oxygen atoms in total. The van der Waals surface area contributed by atoms with Crippen LogP contribution in [0.3, 0.4) is 0 Å². The molecule has 37 heavy (non-hydrogen) atoms. The molecule has 2 aromatic heterocycles. The first-order valence-electron chi connectivity index (χ1n) is 12.1. The first-order valence-corrected chi connectivity index (χ1v) is 13.6. The molecule has 0 unspecified atom stereocenters. The fraction of sp³-hybridized carbons (Fsp3) is 0.280. The minimum atomic E-state index is -3.80. The zero-order chi connectivity index (χ0) is 26.0. The van der Waals surface area contributed by atoms with Crippen LogP contribution >= 0.6 is 0 Å². The summed E-state index contributed by atoms with van der Waals surface area (Å²) in [5.74, 6) is 0.375. The lowest BCUT2D eigenvalue weighted by Gasteiger charge is -2.26. The summed E-state index contributed by atoms with van der Waals surface area (Å²) >= 11 is 0. The molecule has 0 saturated heterocycles. The summed E-state index contributed by atoms with van der Waals surface area (Å²) in [7, 11) is -3.80. The van der Waals surface area contributed by atoms with Crippen molar-refractivity contribution in [1.82, 2.24) is 29.8 Å². The first kappa shape index (κ1) is 24.7. The fourth-order valence-electron chi connectivity index (χ4n) is 4.48. The van der Waals surface area contributed by atoms with Gasteiger partial charge in [-0.1, -0.05) is 19.9 Å². The summed E-state index contributed by atoms with van der Waals surface area (Å²) in [6, 6.07) is 12.3. The van der Waals surface area contributed by atoms with E-state index in [9.17, 15) is 13.2 Å². The molecule has 2 aromatic carbocycles. The van der Waals surface area contributed by atoms with Gasteiger partial charge >= 0.3 is 0 Å². The predicted molar refractivity (Wildman–Crippen MR) is 142 cm³/mol. The zero-order valence-corrected chi connectivity index (χ0v) is 21.4. The molecule has 3 N–H and O–H groups in total. The Kier molecular flexibility index (Phi) is 6.76. The van der Waals surface area contributed by atoms with E-state index >= 15 is 0 Å². The number of hydrogen-bond acceptors (Lipinski definition) is 9. The van der Waals surface area contributed by atoms with E-state index in [0.29, 0.717) is 17.5 Å². The highest BCUT2D eigenvalue weighted by Crippen LogP contribution is 2.32. The Balaban J connectivity index is 1.45. The van der Waals surface area contributed by atoms with Crippen molar-refractivity contribution in [1.29, 1.82) is 0 Å². The molecule has 0 bridgehead atoms. The standard InChI is InChI=1S/C25H28N8O3S/c1-3-32(4-2)13-6-14-33(21-8-5-7-20-19(21)16-27-30-20)23-11-12-26-25(29-23)28-17-9-10-22-18(15-17)24(34)31-37(22,35)36/h5,7-12,15-16H,3-4,6,13-14H2,1-2H3,(H,27,30)(H,31,34)(H,26,28,29). The van der Waals surface area contributed by atoms with Gasteiger partial charge in [0.1, 0.15) is 10.7 Å². The normalized spacial score (nSPS) is 14.1. The molecule has 1 aliphatic heterocycles. The maximum absolute atomic E-state index is 12.1. The van der Waals surface area contributed by atoms with Gasteiger partial charge in [-0.15, -0.1) is 0 Å². The van der Waals surface area contributed by atoms with Gasteiger partial charge in [-0.25, -0.2) is 18.1 Å². The average Bonchev–Trinajstić information content (AvgIpc) is 3.46. The van der Waals surface area contributed by atoms with E-state index < -0.39 is 15.9 Å². The lowest BCUT2D eigenvalue weighted by atomic mass is 10.2. The molecule has 0 fully saturated rings. The van der Waals surface area contributed by atoms with E-state index in [2.05, 4.69) is 44.1 Å². The number of H-pyrrole nitrogens is 1. The van der Waals surface area contributed by atoms with Crippen LogP contribution in [0.15, 0.2) is 59.8 Å². The monoisotopic (exact) mass is 520 g/mol. The highest BCUT2D eigenvalue weighted by molar-refractivity contribution is 7.90. The summed E-state index contributed by atoms with van der Waals surface area (Å²) in [6.07, 6.45) is 4.41. The first-order chi connectivity index (χ1) is 17.9. The van der Waals surface area contributed by atoms with E-state index in [4.69, 9.17) is 4.98 Å². The average molecular weight is 521 g/mol. The van der Waals surface area contributed by atoms with Crippen LogP contribution in [0.25, 0.3) is 10.9 Å². The number of carbonyl (C=O) groups is 1. The second-order valence-corrected chi connectivity index (χ2v) is 10.3. The summed E-state index contributed by atoms with van der Waals surface area (Å²) in [6.45, 7) is 8.00. The molecule has 5 rings (SSSR count). The number of carbonyl (C=O) groups excluding carboxylic acids is 1. The van der Waals surface area contributed by atoms with Crippen LogP contribution in [-0.4, -0.2) is 65.6 Å². The number of fused-ring (bicyclic) bond motifs is 2. The number of hydrogen-bond donors (Lipinski definition) is 3. The van der Waals surface area contributed by atoms with Crippen LogP contribution in [0.2, 0.25) is 0 Å². The molecule has 0 spiro atoms. The lowest BCUT2D eigenvalue weighted by molar-refractivity contribution is 0.0985. The Labute approximate surface area is 215 Å². The Bertz CT molecular complexity index is 1550. The SMILES string of the molecule is CCN(CC)CCCN(c1ccnc(Nc2ccc3c(c2)C(=O)NS3(=O)=O)n1)c1cccc2[nH]ncc12. The van der Waals surface area contributed by atoms with Crippen molar-refractivity contribution >= 4 is 50.0 Å². The number of benzene rings is 2. The van der Waals surface area contributed by atoms with Crippen molar-refractivity contribution in [2.45, 2.75) is 25.2 Å². The number of amides is 1. The second-order valence-electron chi connectivity index (χ2n) is 8.65. The van der Waals surface area contributed by atoms with Gasteiger partial charge in [0.2, 0.25) is 5.95 Å². The van der Waals surface area contributed by atoms with Gasteiger partial charge in [-0.05, 0) is 62.5 Å². The molecule has 192 valence electrons. The van der Waals surface area contributed by atoms with Crippen molar-refractivity contribution in [3.8, 4) is 0 Å². The van der Waals surface area contributed by atoms with Gasteiger partial charge < -0.3 is 15.1 Å². The topological polar surface area (TPSA) is 136 Å². The third kappa shape index (κ3) is 4.98. The number of rotatable bonds is 10. The summed E-state index contributed by atoms with van der Waals surface area (Å²) < 4.78 is 26.1. The highest BCUT2D eigenvalue weighted by Gasteiger charge is 2.32. The molecule has 4 aromatic rings. The van der Waals surface area contributed by atoms with Crippen molar-refractivity contribution in [3.63, 3.8) is 0 Å². The molecule has 1 aliphatic rings. The molecule has 0 aliphatic carbocycles. The zero-order valence-electron chi connectivity index (χ0n) is 20.6. The molecular formula is C25H28N8O3S. The molecule has 0 saturated carbocycles. The molecule has 0 radical (unpaired) electrons. The molecule has 1 amide bonds. The van der Waals surface area contributed by atoms with E-state index in [-0.39, 0.29) is 10.5 Å². The number of aromatic amines is 1. The van der Waals surface area contributed by atoms with Crippen molar-refractivity contribution < 1.29 is 13.2 Å². The molecule has 12 heteroatoms. The van der Waals surface area contributed by atoms with E-state index in [0.717, 1.165) is 49.2 Å². The number of aromatic nitrogens is 4. The summed E-state index contributed by atoms with van der Waals surface area (Å²) in [5, 5.41) is 11.3. The number of sulfonamides is 1. The molecule has 3 heterocycles. The van der Waals surface area contributed by atoms with Crippen molar-refractivity contribution in [2.75, 3.05) is 36.4 Å². The van der Waals surface area contributed by atoms with Gasteiger partial charge in [0, 0.05) is 23.8 Å². The maximum Gasteiger partial charge on any atom is 0.266 e. The van der Waals surface area contributed by atoms with Crippen LogP contribution in [0.4, 0.5) is 23.1 Å². The van der Waals surface area contributed by atoms with Crippen LogP contribution in [0.1, 0.15) is 30.6 Å². The Hall–Kier alpha value is -4.03. The van der Waals surface area contributed by atoms with Crippen LogP contribution in [0.5, 0.6) is 0 Å². The lowest BCUT2D eigenvalue weighted by Crippen LogP contribution is -2.28. The molecule has 0 atom stereocenters. The van der Waals surface area contributed by atoms with Gasteiger partial charge in [-0.2, -0.15) is 10.1 Å². The Morgan fingerprint density at radius 2 is 1.89 bits per heavy atom. The maximum atomic E-state index is 12.1. The minimum Gasteiger partial charge on any atom is -0.325 e. The largest absolute Gasteiger partial charge is 0.325 e. The van der Waals surface area contributed by atoms with Crippen molar-refractivity contribution in [3.05, 3.63) is 60.4 Å². The van der Waals surface area contributed by atoms with Crippen LogP contribution in [-0.2, 0) is 10.0 Å². The number of nitrogens with one attached hydrogen (secondary N) is 3. The Morgan fingerprint density at radius 3 is 2.70 bits per heavy atom. The minimum absolute atomic E-state index is 0.0368. The van der Waals surface area contributed by atoms with Crippen LogP contribution in [0, 0.1) is 0 Å².